The Balaban J connectivity index is 1.92. The number of anilines is 1. The molecule has 0 unspecified atom stereocenters. The summed E-state index contributed by atoms with van der Waals surface area (Å²) in [5.41, 5.74) is 1.66. The van der Waals surface area contributed by atoms with Crippen LogP contribution < -0.4 is 4.31 Å². The van der Waals surface area contributed by atoms with Gasteiger partial charge >= 0.3 is 16.2 Å². The summed E-state index contributed by atoms with van der Waals surface area (Å²) >= 11 is 0. The molecule has 0 N–H and O–H groups in total. The zero-order chi connectivity index (χ0) is 21.9. The van der Waals surface area contributed by atoms with Gasteiger partial charge in [-0.1, -0.05) is 12.1 Å². The van der Waals surface area contributed by atoms with E-state index in [1.807, 2.05) is 20.9 Å². The van der Waals surface area contributed by atoms with Crippen molar-refractivity contribution in [2.45, 2.75) is 32.5 Å². The first-order chi connectivity index (χ1) is 14.2. The summed E-state index contributed by atoms with van der Waals surface area (Å²) in [4.78, 5) is 18.0. The summed E-state index contributed by atoms with van der Waals surface area (Å²) in [5, 5.41) is 0. The molecular formula is C21H28N4O4S. The fourth-order valence-electron chi connectivity index (χ4n) is 3.52. The summed E-state index contributed by atoms with van der Waals surface area (Å²) < 4.78 is 34.9. The number of esters is 1. The van der Waals surface area contributed by atoms with E-state index in [1.54, 1.807) is 48.8 Å². The Kier molecular flexibility index (Phi) is 6.74. The highest BCUT2D eigenvalue weighted by atomic mass is 32.2. The molecule has 0 amide bonds. The SMILES string of the molecule is COC(=O)c1ccc(CN(c2cccnc2)S(=O)(=O)N2C[C@@H](C)N(C)[C@@H](C)C2)cc1. The smallest absolute Gasteiger partial charge is 0.337 e. The zero-order valence-corrected chi connectivity index (χ0v) is 18.5. The first kappa shape index (κ1) is 22.2. The van der Waals surface area contributed by atoms with Crippen molar-refractivity contribution >= 4 is 21.9 Å². The van der Waals surface area contributed by atoms with E-state index in [0.29, 0.717) is 24.3 Å². The highest BCUT2D eigenvalue weighted by Crippen LogP contribution is 2.25. The molecule has 1 saturated heterocycles. The van der Waals surface area contributed by atoms with Gasteiger partial charge < -0.3 is 4.74 Å². The Bertz CT molecular complexity index is 954. The number of methoxy groups -OCH3 is 1. The third-order valence-corrected chi connectivity index (χ3v) is 7.41. The Hall–Kier alpha value is -2.49. The predicted octanol–water partition coefficient (Wildman–Crippen LogP) is 2.14. The lowest BCUT2D eigenvalue weighted by Gasteiger charge is -2.43. The van der Waals surface area contributed by atoms with Crippen LogP contribution in [0.15, 0.2) is 48.8 Å². The molecule has 1 aromatic heterocycles. The maximum absolute atomic E-state index is 13.6. The van der Waals surface area contributed by atoms with Crippen molar-refractivity contribution in [1.82, 2.24) is 14.2 Å². The van der Waals surface area contributed by atoms with Gasteiger partial charge in [0.25, 0.3) is 0 Å². The van der Waals surface area contributed by atoms with E-state index in [9.17, 15) is 13.2 Å². The standard InChI is InChI=1S/C21H28N4O4S/c1-16-13-24(14-17(2)23(16)3)30(27,28)25(20-6-5-11-22-12-20)15-18-7-9-19(10-8-18)21(26)29-4/h5-12,16-17H,13-15H2,1-4H3/t16-,17+. The summed E-state index contributed by atoms with van der Waals surface area (Å²) in [6.45, 7) is 5.02. The van der Waals surface area contributed by atoms with E-state index in [0.717, 1.165) is 5.56 Å². The number of hydrogen-bond donors (Lipinski definition) is 0. The number of pyridine rings is 1. The third kappa shape index (κ3) is 4.63. The minimum Gasteiger partial charge on any atom is -0.465 e. The average molecular weight is 433 g/mol. The minimum absolute atomic E-state index is 0.110. The van der Waals surface area contributed by atoms with Crippen LogP contribution in [0.4, 0.5) is 5.69 Å². The normalized spacial score (nSPS) is 20.7. The number of piperazine rings is 1. The number of carbonyl (C=O) groups excluding carboxylic acids is 1. The molecule has 0 aliphatic carbocycles. The van der Waals surface area contributed by atoms with Gasteiger partial charge in [0, 0.05) is 31.4 Å². The molecule has 2 heterocycles. The summed E-state index contributed by atoms with van der Waals surface area (Å²) in [7, 11) is -0.448. The number of aromatic nitrogens is 1. The van der Waals surface area contributed by atoms with Gasteiger partial charge in [-0.25, -0.2) is 4.79 Å². The molecule has 0 spiro atoms. The lowest BCUT2D eigenvalue weighted by Crippen LogP contribution is -2.59. The van der Waals surface area contributed by atoms with Crippen molar-refractivity contribution < 1.29 is 17.9 Å². The number of hydrogen-bond acceptors (Lipinski definition) is 6. The number of likely N-dealkylation sites (N-methyl/N-ethyl adjacent to an activating group) is 1. The van der Waals surface area contributed by atoms with Crippen LogP contribution >= 0.6 is 0 Å². The predicted molar refractivity (Wildman–Crippen MR) is 115 cm³/mol. The molecule has 162 valence electrons. The molecule has 9 heteroatoms. The molecule has 0 saturated carbocycles. The topological polar surface area (TPSA) is 83.0 Å². The van der Waals surface area contributed by atoms with Gasteiger partial charge in [0.2, 0.25) is 0 Å². The molecular weight excluding hydrogens is 404 g/mol. The summed E-state index contributed by atoms with van der Waals surface area (Å²) in [6.07, 6.45) is 3.16. The van der Waals surface area contributed by atoms with Crippen LogP contribution in [-0.2, 0) is 21.5 Å². The molecule has 0 radical (unpaired) electrons. The summed E-state index contributed by atoms with van der Waals surface area (Å²) in [5.74, 6) is -0.432. The second kappa shape index (κ2) is 9.11. The van der Waals surface area contributed by atoms with Crippen LogP contribution in [0, 0.1) is 0 Å². The number of carbonyl (C=O) groups is 1. The number of rotatable bonds is 6. The molecule has 2 atom stereocenters. The highest BCUT2D eigenvalue weighted by molar-refractivity contribution is 7.90. The number of ether oxygens (including phenoxy) is 1. The molecule has 0 bridgehead atoms. The van der Waals surface area contributed by atoms with E-state index < -0.39 is 16.2 Å². The zero-order valence-electron chi connectivity index (χ0n) is 17.7. The number of benzene rings is 1. The molecule has 3 rings (SSSR count). The van der Waals surface area contributed by atoms with Gasteiger partial charge in [0.1, 0.15) is 0 Å². The lowest BCUT2D eigenvalue weighted by molar-refractivity contribution is 0.0600. The van der Waals surface area contributed by atoms with Crippen LogP contribution in [0.3, 0.4) is 0 Å². The van der Waals surface area contributed by atoms with Crippen LogP contribution in [0.2, 0.25) is 0 Å². The third-order valence-electron chi connectivity index (χ3n) is 5.57. The minimum atomic E-state index is -3.79. The van der Waals surface area contributed by atoms with Crippen LogP contribution in [0.1, 0.15) is 29.8 Å². The van der Waals surface area contributed by atoms with E-state index in [1.165, 1.54) is 15.7 Å². The lowest BCUT2D eigenvalue weighted by atomic mass is 10.1. The van der Waals surface area contributed by atoms with Gasteiger partial charge in [0.15, 0.2) is 0 Å². The molecule has 1 aliphatic heterocycles. The van der Waals surface area contributed by atoms with Crippen LogP contribution in [0.25, 0.3) is 0 Å². The van der Waals surface area contributed by atoms with E-state index in [2.05, 4.69) is 9.88 Å². The number of nitrogens with zero attached hydrogens (tertiary/aromatic N) is 4. The van der Waals surface area contributed by atoms with E-state index >= 15 is 0 Å². The Morgan fingerprint density at radius 2 is 1.80 bits per heavy atom. The average Bonchev–Trinajstić information content (AvgIpc) is 2.75. The highest BCUT2D eigenvalue weighted by Gasteiger charge is 2.37. The Morgan fingerprint density at radius 3 is 2.33 bits per heavy atom. The van der Waals surface area contributed by atoms with Crippen LogP contribution in [-0.4, -0.2) is 67.9 Å². The van der Waals surface area contributed by atoms with E-state index in [-0.39, 0.29) is 18.6 Å². The van der Waals surface area contributed by atoms with Crippen molar-refractivity contribution in [3.05, 3.63) is 59.9 Å². The van der Waals surface area contributed by atoms with Crippen molar-refractivity contribution in [3.63, 3.8) is 0 Å². The molecule has 30 heavy (non-hydrogen) atoms. The Labute approximate surface area is 178 Å². The van der Waals surface area contributed by atoms with Crippen molar-refractivity contribution in [2.24, 2.45) is 0 Å². The maximum Gasteiger partial charge on any atom is 0.337 e. The monoisotopic (exact) mass is 432 g/mol. The van der Waals surface area contributed by atoms with Crippen molar-refractivity contribution in [3.8, 4) is 0 Å². The van der Waals surface area contributed by atoms with Gasteiger partial charge in [-0.2, -0.15) is 12.7 Å². The summed E-state index contributed by atoms with van der Waals surface area (Å²) in [6, 6.07) is 10.4. The molecule has 2 aromatic rings. The molecule has 1 aliphatic rings. The maximum atomic E-state index is 13.6. The molecule has 8 nitrogen and oxygen atoms in total. The molecule has 1 aromatic carbocycles. The van der Waals surface area contributed by atoms with Gasteiger partial charge in [-0.05, 0) is 50.7 Å². The molecule has 1 fully saturated rings. The Morgan fingerprint density at radius 1 is 1.17 bits per heavy atom. The van der Waals surface area contributed by atoms with Crippen molar-refractivity contribution in [1.29, 1.82) is 0 Å². The van der Waals surface area contributed by atoms with Gasteiger partial charge in [-0.15, -0.1) is 0 Å². The fraction of sp³-hybridized carbons (Fsp3) is 0.429. The second-order valence-electron chi connectivity index (χ2n) is 7.59. The quantitative estimate of drug-likeness (QED) is 0.651. The van der Waals surface area contributed by atoms with E-state index in [4.69, 9.17) is 4.74 Å². The fourth-order valence-corrected chi connectivity index (χ4v) is 5.29. The van der Waals surface area contributed by atoms with Gasteiger partial charge in [0.05, 0.1) is 31.1 Å². The largest absolute Gasteiger partial charge is 0.465 e. The van der Waals surface area contributed by atoms with Crippen molar-refractivity contribution in [2.75, 3.05) is 31.6 Å². The van der Waals surface area contributed by atoms with Gasteiger partial charge in [-0.3, -0.25) is 14.2 Å². The van der Waals surface area contributed by atoms with Crippen LogP contribution in [0.5, 0.6) is 0 Å². The first-order valence-corrected chi connectivity index (χ1v) is 11.2. The second-order valence-corrected chi connectivity index (χ2v) is 9.45. The first-order valence-electron chi connectivity index (χ1n) is 9.81.